The zero-order valence-corrected chi connectivity index (χ0v) is 8.67. The van der Waals surface area contributed by atoms with Gasteiger partial charge < -0.3 is 5.11 Å². The molecule has 0 radical (unpaired) electrons. The van der Waals surface area contributed by atoms with Crippen molar-refractivity contribution in [1.29, 1.82) is 0 Å². The van der Waals surface area contributed by atoms with Crippen LogP contribution in [-0.4, -0.2) is 34.2 Å². The van der Waals surface area contributed by atoms with Gasteiger partial charge in [-0.3, -0.25) is 4.90 Å². The molecule has 0 aromatic heterocycles. The van der Waals surface area contributed by atoms with Crippen LogP contribution in [0.25, 0.3) is 0 Å². The molecule has 0 saturated carbocycles. The molecule has 2 atom stereocenters. The molecule has 72 valence electrons. The minimum atomic E-state index is -0.462. The average Bonchev–Trinajstić information content (AvgIpc) is 1.94. The Hall–Kier alpha value is -0.0800. The van der Waals surface area contributed by atoms with Crippen molar-refractivity contribution in [3.05, 3.63) is 0 Å². The van der Waals surface area contributed by atoms with Gasteiger partial charge in [0.1, 0.15) is 0 Å². The fourth-order valence-electron chi connectivity index (χ4n) is 2.01. The van der Waals surface area contributed by atoms with Crippen molar-refractivity contribution in [3.8, 4) is 0 Å². The van der Waals surface area contributed by atoms with Crippen LogP contribution in [0.5, 0.6) is 0 Å². The molecule has 0 bridgehead atoms. The minimum absolute atomic E-state index is 0.462. The van der Waals surface area contributed by atoms with Gasteiger partial charge in [-0.15, -0.1) is 0 Å². The predicted octanol–water partition coefficient (Wildman–Crippen LogP) is 1.63. The molecular weight excluding hydrogens is 150 g/mol. The third-order valence-corrected chi connectivity index (χ3v) is 2.85. The maximum Gasteiger partial charge on any atom is 0.0746 e. The first-order valence-electron chi connectivity index (χ1n) is 4.90. The number of hydrogen-bond donors (Lipinski definition) is 1. The summed E-state index contributed by atoms with van der Waals surface area (Å²) in [6.45, 7) is 9.39. The monoisotopic (exact) mass is 171 g/mol. The first-order valence-corrected chi connectivity index (χ1v) is 4.90. The van der Waals surface area contributed by atoms with Crippen LogP contribution < -0.4 is 0 Å². The van der Waals surface area contributed by atoms with E-state index in [0.29, 0.717) is 12.1 Å². The second-order valence-corrected chi connectivity index (χ2v) is 4.65. The summed E-state index contributed by atoms with van der Waals surface area (Å²) >= 11 is 0. The van der Waals surface area contributed by atoms with E-state index in [1.54, 1.807) is 0 Å². The van der Waals surface area contributed by atoms with Gasteiger partial charge in [-0.05, 0) is 40.5 Å². The lowest BCUT2D eigenvalue weighted by molar-refractivity contribution is -0.0463. The molecule has 0 amide bonds. The van der Waals surface area contributed by atoms with Crippen molar-refractivity contribution < 1.29 is 5.11 Å². The first-order chi connectivity index (χ1) is 5.42. The van der Waals surface area contributed by atoms with Crippen molar-refractivity contribution in [3.63, 3.8) is 0 Å². The van der Waals surface area contributed by atoms with E-state index in [-0.39, 0.29) is 0 Å². The lowest BCUT2D eigenvalue weighted by Gasteiger charge is -2.43. The Morgan fingerprint density at radius 3 is 2.50 bits per heavy atom. The molecule has 2 nitrogen and oxygen atoms in total. The Kier molecular flexibility index (Phi) is 2.79. The molecule has 0 unspecified atom stereocenters. The van der Waals surface area contributed by atoms with Crippen molar-refractivity contribution >= 4 is 0 Å². The van der Waals surface area contributed by atoms with Gasteiger partial charge in [-0.2, -0.15) is 0 Å². The van der Waals surface area contributed by atoms with Crippen LogP contribution in [0.3, 0.4) is 0 Å². The maximum absolute atomic E-state index is 9.87. The number of β-amino-alcohol motifs (C(OH)–C–C–N with tert-alkyl or cyclic N) is 1. The van der Waals surface area contributed by atoms with E-state index in [1.807, 2.05) is 6.92 Å². The molecule has 1 aliphatic heterocycles. The Balaban J connectivity index is 2.59. The smallest absolute Gasteiger partial charge is 0.0746 e. The Morgan fingerprint density at radius 1 is 1.50 bits per heavy atom. The molecule has 2 heteroatoms. The Labute approximate surface area is 75.6 Å². The average molecular weight is 171 g/mol. The maximum atomic E-state index is 9.87. The highest BCUT2D eigenvalue weighted by molar-refractivity contribution is 4.88. The van der Waals surface area contributed by atoms with E-state index < -0.39 is 5.60 Å². The molecule has 1 heterocycles. The zero-order chi connectivity index (χ0) is 9.35. The summed E-state index contributed by atoms with van der Waals surface area (Å²) in [7, 11) is 0. The van der Waals surface area contributed by atoms with Crippen LogP contribution in [0.15, 0.2) is 0 Å². The fraction of sp³-hybridized carbons (Fsp3) is 1.00. The lowest BCUT2D eigenvalue weighted by atomic mass is 9.90. The van der Waals surface area contributed by atoms with Gasteiger partial charge in [0, 0.05) is 18.6 Å². The highest BCUT2D eigenvalue weighted by Gasteiger charge is 2.33. The molecule has 1 N–H and O–H groups in total. The van der Waals surface area contributed by atoms with E-state index in [2.05, 4.69) is 25.7 Å². The van der Waals surface area contributed by atoms with Crippen molar-refractivity contribution in [1.82, 2.24) is 4.90 Å². The van der Waals surface area contributed by atoms with Crippen LogP contribution in [-0.2, 0) is 0 Å². The van der Waals surface area contributed by atoms with E-state index >= 15 is 0 Å². The van der Waals surface area contributed by atoms with Crippen molar-refractivity contribution in [2.75, 3.05) is 6.54 Å². The lowest BCUT2D eigenvalue weighted by Crippen LogP contribution is -2.52. The molecule has 0 aromatic rings. The number of aliphatic hydroxyl groups is 1. The van der Waals surface area contributed by atoms with E-state index in [1.165, 1.54) is 0 Å². The molecule has 1 rings (SSSR count). The fourth-order valence-corrected chi connectivity index (χ4v) is 2.01. The summed E-state index contributed by atoms with van der Waals surface area (Å²) in [5.74, 6) is 0. The second-order valence-electron chi connectivity index (χ2n) is 4.65. The SMILES string of the molecule is CC(C)N1C[C@](C)(O)CC[C@H]1C. The van der Waals surface area contributed by atoms with Crippen LogP contribution in [0.2, 0.25) is 0 Å². The van der Waals surface area contributed by atoms with Crippen LogP contribution in [0.1, 0.15) is 40.5 Å². The summed E-state index contributed by atoms with van der Waals surface area (Å²) in [4.78, 5) is 2.38. The highest BCUT2D eigenvalue weighted by Crippen LogP contribution is 2.26. The topological polar surface area (TPSA) is 23.5 Å². The third-order valence-electron chi connectivity index (χ3n) is 2.85. The number of rotatable bonds is 1. The Bertz CT molecular complexity index is 154. The zero-order valence-electron chi connectivity index (χ0n) is 8.67. The number of hydrogen-bond acceptors (Lipinski definition) is 2. The van der Waals surface area contributed by atoms with E-state index in [9.17, 15) is 5.11 Å². The Morgan fingerprint density at radius 2 is 2.08 bits per heavy atom. The van der Waals surface area contributed by atoms with Gasteiger partial charge >= 0.3 is 0 Å². The van der Waals surface area contributed by atoms with Crippen LogP contribution >= 0.6 is 0 Å². The molecular formula is C10H21NO. The first kappa shape index (κ1) is 10.0. The molecule has 12 heavy (non-hydrogen) atoms. The van der Waals surface area contributed by atoms with E-state index in [4.69, 9.17) is 0 Å². The predicted molar refractivity (Wildman–Crippen MR) is 51.2 cm³/mol. The normalized spacial score (nSPS) is 39.0. The van der Waals surface area contributed by atoms with Crippen molar-refractivity contribution in [2.24, 2.45) is 0 Å². The quantitative estimate of drug-likeness (QED) is 0.648. The van der Waals surface area contributed by atoms with Gasteiger partial charge in [-0.1, -0.05) is 0 Å². The largest absolute Gasteiger partial charge is 0.389 e. The van der Waals surface area contributed by atoms with Gasteiger partial charge in [0.25, 0.3) is 0 Å². The molecule has 1 saturated heterocycles. The van der Waals surface area contributed by atoms with Gasteiger partial charge in [0.05, 0.1) is 5.60 Å². The van der Waals surface area contributed by atoms with Crippen LogP contribution in [0, 0.1) is 0 Å². The summed E-state index contributed by atoms with van der Waals surface area (Å²) < 4.78 is 0. The van der Waals surface area contributed by atoms with E-state index in [0.717, 1.165) is 19.4 Å². The molecule has 0 aromatic carbocycles. The summed E-state index contributed by atoms with van der Waals surface area (Å²) in [6.07, 6.45) is 2.06. The molecule has 1 aliphatic rings. The van der Waals surface area contributed by atoms with Crippen LogP contribution in [0.4, 0.5) is 0 Å². The number of piperidine rings is 1. The van der Waals surface area contributed by atoms with Crippen molar-refractivity contribution in [2.45, 2.75) is 58.2 Å². The van der Waals surface area contributed by atoms with Gasteiger partial charge in [0.2, 0.25) is 0 Å². The van der Waals surface area contributed by atoms with Gasteiger partial charge in [-0.25, -0.2) is 0 Å². The second kappa shape index (κ2) is 3.35. The molecule has 1 fully saturated rings. The molecule has 0 aliphatic carbocycles. The highest BCUT2D eigenvalue weighted by atomic mass is 16.3. The summed E-state index contributed by atoms with van der Waals surface area (Å²) in [5, 5.41) is 9.87. The van der Waals surface area contributed by atoms with Gasteiger partial charge in [0.15, 0.2) is 0 Å². The summed E-state index contributed by atoms with van der Waals surface area (Å²) in [6, 6.07) is 1.18. The standard InChI is InChI=1S/C10H21NO/c1-8(2)11-7-10(4,12)6-5-9(11)3/h8-9,12H,5-7H2,1-4H3/t9-,10-/m1/s1. The number of likely N-dealkylation sites (tertiary alicyclic amines) is 1. The number of nitrogens with zero attached hydrogens (tertiary/aromatic N) is 1. The molecule has 0 spiro atoms. The minimum Gasteiger partial charge on any atom is -0.389 e. The summed E-state index contributed by atoms with van der Waals surface area (Å²) in [5.41, 5.74) is -0.462. The third kappa shape index (κ3) is 2.20.